The number of morpholine rings is 1. The third kappa shape index (κ3) is 5.80. The third-order valence-electron chi connectivity index (χ3n) is 7.48. The minimum absolute atomic E-state index is 0.0453. The molecule has 184 valence electrons. The Morgan fingerprint density at radius 2 is 1.73 bits per heavy atom. The molecule has 0 radical (unpaired) electrons. The number of nitrogens with one attached hydrogen (secondary N) is 3. The number of hydrogen-bond acceptors (Lipinski definition) is 5. The number of alkyl halides is 1. The fourth-order valence-corrected chi connectivity index (χ4v) is 5.73. The van der Waals surface area contributed by atoms with Crippen LogP contribution < -0.4 is 16.0 Å². The normalized spacial score (nSPS) is 29.5. The van der Waals surface area contributed by atoms with Crippen LogP contribution in [0.3, 0.4) is 0 Å². The maximum atomic E-state index is 13.5. The molecule has 4 fully saturated rings. The number of ketones is 1. The summed E-state index contributed by atoms with van der Waals surface area (Å²) in [6, 6.07) is -1.06. The van der Waals surface area contributed by atoms with Gasteiger partial charge in [0.15, 0.2) is 0 Å². The fraction of sp³-hybridized carbons (Fsp3) is 0.826. The molecule has 3 saturated carbocycles. The van der Waals surface area contributed by atoms with E-state index in [1.54, 1.807) is 4.90 Å². The van der Waals surface area contributed by atoms with Crippen molar-refractivity contribution in [3.8, 4) is 0 Å². The molecule has 0 aromatic rings. The Labute approximate surface area is 199 Å². The van der Waals surface area contributed by atoms with Gasteiger partial charge >= 0.3 is 6.03 Å². The van der Waals surface area contributed by atoms with E-state index in [9.17, 15) is 19.2 Å². The van der Waals surface area contributed by atoms with E-state index in [0.29, 0.717) is 32.7 Å². The number of urea groups is 1. The highest BCUT2D eigenvalue weighted by molar-refractivity contribution is 6.41. The van der Waals surface area contributed by atoms with Crippen LogP contribution in [-0.4, -0.2) is 77.8 Å². The van der Waals surface area contributed by atoms with Crippen LogP contribution in [0.1, 0.15) is 64.7 Å². The molecule has 0 bridgehead atoms. The summed E-state index contributed by atoms with van der Waals surface area (Å²) >= 11 is 6.19. The smallest absolute Gasteiger partial charge is 0.318 e. The minimum Gasteiger partial charge on any atom is -0.378 e. The first-order valence-electron chi connectivity index (χ1n) is 12.1. The highest BCUT2D eigenvalue weighted by Crippen LogP contribution is 2.42. The predicted molar refractivity (Wildman–Crippen MR) is 122 cm³/mol. The van der Waals surface area contributed by atoms with Gasteiger partial charge in [-0.15, -0.1) is 11.6 Å². The molecule has 4 amide bonds. The first kappa shape index (κ1) is 24.3. The molecule has 10 heteroatoms. The van der Waals surface area contributed by atoms with Crippen molar-refractivity contribution in [2.45, 2.75) is 87.7 Å². The molecule has 33 heavy (non-hydrogen) atoms. The van der Waals surface area contributed by atoms with Crippen LogP contribution in [0.25, 0.3) is 0 Å². The average Bonchev–Trinajstić information content (AvgIpc) is 3.49. The van der Waals surface area contributed by atoms with Gasteiger partial charge in [-0.25, -0.2) is 4.79 Å². The van der Waals surface area contributed by atoms with E-state index < -0.39 is 29.2 Å². The lowest BCUT2D eigenvalue weighted by atomic mass is 9.72. The zero-order valence-electron chi connectivity index (χ0n) is 19.3. The molecule has 0 spiro atoms. The topological polar surface area (TPSA) is 117 Å². The molecule has 1 atom stereocenters. The van der Waals surface area contributed by atoms with Crippen molar-refractivity contribution in [2.24, 2.45) is 5.41 Å². The lowest BCUT2D eigenvalue weighted by molar-refractivity contribution is -0.146. The highest BCUT2D eigenvalue weighted by atomic mass is 35.5. The van der Waals surface area contributed by atoms with Crippen LogP contribution in [0.5, 0.6) is 0 Å². The highest BCUT2D eigenvalue weighted by Gasteiger charge is 2.54. The van der Waals surface area contributed by atoms with Crippen molar-refractivity contribution < 1.29 is 23.9 Å². The van der Waals surface area contributed by atoms with E-state index in [1.807, 2.05) is 0 Å². The standard InChI is InChI=1S/C23H35ClN4O5/c1-22(6-2-3-7-22)14-17(26-21(32)28-8-10-33-11-9-28)19(30)27-23(12-15(24)13-23)18(29)20(31)25-16-4-5-16/h15-17H,2-14H2,1H3,(H,25,31)(H,26,32)(H,27,30)/t15?,17-,23?/m0/s1. The van der Waals surface area contributed by atoms with Crippen molar-refractivity contribution in [2.75, 3.05) is 26.3 Å². The van der Waals surface area contributed by atoms with Crippen molar-refractivity contribution in [3.05, 3.63) is 0 Å². The van der Waals surface area contributed by atoms with Crippen LogP contribution >= 0.6 is 11.6 Å². The van der Waals surface area contributed by atoms with E-state index in [4.69, 9.17) is 16.3 Å². The number of halogens is 1. The van der Waals surface area contributed by atoms with Gasteiger partial charge in [-0.3, -0.25) is 14.4 Å². The van der Waals surface area contributed by atoms with Gasteiger partial charge in [0.25, 0.3) is 5.91 Å². The first-order valence-corrected chi connectivity index (χ1v) is 12.6. The summed E-state index contributed by atoms with van der Waals surface area (Å²) in [4.78, 5) is 53.5. The molecule has 0 aromatic heterocycles. The molecule has 3 N–H and O–H groups in total. The number of rotatable bonds is 8. The largest absolute Gasteiger partial charge is 0.378 e. The van der Waals surface area contributed by atoms with Crippen LogP contribution in [0.4, 0.5) is 4.79 Å². The molecule has 1 aliphatic heterocycles. The Morgan fingerprint density at radius 1 is 1.09 bits per heavy atom. The van der Waals surface area contributed by atoms with Gasteiger partial charge in [-0.05, 0) is 50.4 Å². The summed E-state index contributed by atoms with van der Waals surface area (Å²) in [5.41, 5.74) is -1.36. The SMILES string of the molecule is CC1(C[C@H](NC(=O)N2CCOCC2)C(=O)NC2(C(=O)C(=O)NC3CC3)CC(Cl)C2)CCCC1. The van der Waals surface area contributed by atoms with Gasteiger partial charge in [-0.1, -0.05) is 19.8 Å². The van der Waals surface area contributed by atoms with E-state index in [2.05, 4.69) is 22.9 Å². The summed E-state index contributed by atoms with van der Waals surface area (Å²) in [5, 5.41) is 8.18. The Hall–Kier alpha value is -1.87. The van der Waals surface area contributed by atoms with E-state index >= 15 is 0 Å². The first-order chi connectivity index (χ1) is 15.7. The number of carbonyl (C=O) groups is 4. The molecule has 4 rings (SSSR count). The van der Waals surface area contributed by atoms with Crippen molar-refractivity contribution in [1.29, 1.82) is 0 Å². The number of Topliss-reactive ketones (excluding diaryl/α,β-unsaturated/α-hetero) is 1. The number of amides is 4. The minimum atomic E-state index is -1.30. The second kappa shape index (κ2) is 9.78. The number of nitrogens with zero attached hydrogens (tertiary/aromatic N) is 1. The lowest BCUT2D eigenvalue weighted by Crippen LogP contribution is -2.68. The molecule has 0 aromatic carbocycles. The van der Waals surface area contributed by atoms with E-state index in [1.165, 1.54) is 0 Å². The summed E-state index contributed by atoms with van der Waals surface area (Å²) in [6.45, 7) is 4.01. The van der Waals surface area contributed by atoms with Crippen LogP contribution in [0, 0.1) is 5.41 Å². The molecule has 0 unspecified atom stereocenters. The van der Waals surface area contributed by atoms with E-state index in [-0.39, 0.29) is 35.7 Å². The molecule has 1 saturated heterocycles. The Balaban J connectivity index is 1.46. The molecular formula is C23H35ClN4O5. The maximum absolute atomic E-state index is 13.5. The molecule has 3 aliphatic carbocycles. The van der Waals surface area contributed by atoms with Crippen LogP contribution in [0.2, 0.25) is 0 Å². The lowest BCUT2D eigenvalue weighted by Gasteiger charge is -2.44. The maximum Gasteiger partial charge on any atom is 0.318 e. The van der Waals surface area contributed by atoms with Gasteiger partial charge < -0.3 is 25.6 Å². The summed E-state index contributed by atoms with van der Waals surface area (Å²) in [5.74, 6) is -1.75. The molecule has 9 nitrogen and oxygen atoms in total. The second-order valence-corrected chi connectivity index (χ2v) is 11.1. The summed E-state index contributed by atoms with van der Waals surface area (Å²) in [6.07, 6.45) is 6.80. The van der Waals surface area contributed by atoms with Gasteiger partial charge in [0.1, 0.15) is 11.6 Å². The zero-order chi connectivity index (χ0) is 23.6. The van der Waals surface area contributed by atoms with Crippen molar-refractivity contribution >= 4 is 35.2 Å². The van der Waals surface area contributed by atoms with E-state index in [0.717, 1.165) is 38.5 Å². The Bertz CT molecular complexity index is 784. The van der Waals surface area contributed by atoms with Gasteiger partial charge in [0, 0.05) is 24.5 Å². The molecular weight excluding hydrogens is 448 g/mol. The second-order valence-electron chi connectivity index (χ2n) is 10.5. The molecule has 1 heterocycles. The van der Waals surface area contributed by atoms with Crippen LogP contribution in [0.15, 0.2) is 0 Å². The van der Waals surface area contributed by atoms with Gasteiger partial charge in [-0.2, -0.15) is 0 Å². The Kier molecular flexibility index (Phi) is 7.19. The van der Waals surface area contributed by atoms with Crippen molar-refractivity contribution in [1.82, 2.24) is 20.9 Å². The average molecular weight is 483 g/mol. The fourth-order valence-electron chi connectivity index (χ4n) is 5.20. The summed E-state index contributed by atoms with van der Waals surface area (Å²) in [7, 11) is 0. The van der Waals surface area contributed by atoms with Gasteiger partial charge in [0.05, 0.1) is 13.2 Å². The number of carbonyl (C=O) groups excluding carboxylic acids is 4. The number of hydrogen-bond donors (Lipinski definition) is 3. The van der Waals surface area contributed by atoms with Crippen LogP contribution in [-0.2, 0) is 19.1 Å². The van der Waals surface area contributed by atoms with Gasteiger partial charge in [0.2, 0.25) is 11.7 Å². The number of ether oxygens (including phenoxy) is 1. The zero-order valence-corrected chi connectivity index (χ0v) is 20.0. The molecule has 4 aliphatic rings. The predicted octanol–water partition coefficient (Wildman–Crippen LogP) is 1.47. The summed E-state index contributed by atoms with van der Waals surface area (Å²) < 4.78 is 5.32. The Morgan fingerprint density at radius 3 is 2.30 bits per heavy atom. The monoisotopic (exact) mass is 482 g/mol. The quantitative estimate of drug-likeness (QED) is 0.358. The van der Waals surface area contributed by atoms with Crippen molar-refractivity contribution in [3.63, 3.8) is 0 Å². The third-order valence-corrected chi connectivity index (χ3v) is 7.78.